The van der Waals surface area contributed by atoms with Gasteiger partial charge in [-0.2, -0.15) is 0 Å². The van der Waals surface area contributed by atoms with Gasteiger partial charge in [0, 0.05) is 13.2 Å². The highest BCUT2D eigenvalue weighted by atomic mass is 32.2. The van der Waals surface area contributed by atoms with Gasteiger partial charge < -0.3 is 10.1 Å². The fourth-order valence-electron chi connectivity index (χ4n) is 3.96. The van der Waals surface area contributed by atoms with Crippen molar-refractivity contribution < 1.29 is 17.9 Å². The number of nitrogens with one attached hydrogen (secondary N) is 2. The summed E-state index contributed by atoms with van der Waals surface area (Å²) in [6.45, 7) is 1.14. The number of hydrogen-bond donors (Lipinski definition) is 2. The van der Waals surface area contributed by atoms with Crippen LogP contribution in [-0.2, 0) is 27.6 Å². The lowest BCUT2D eigenvalue weighted by Gasteiger charge is -2.18. The van der Waals surface area contributed by atoms with Crippen LogP contribution in [0.25, 0.3) is 0 Å². The highest BCUT2D eigenvalue weighted by molar-refractivity contribution is 7.92. The highest BCUT2D eigenvalue weighted by Gasteiger charge is 2.22. The molecule has 0 saturated carbocycles. The summed E-state index contributed by atoms with van der Waals surface area (Å²) < 4.78 is 34.1. The Hall–Kier alpha value is -2.38. The summed E-state index contributed by atoms with van der Waals surface area (Å²) >= 11 is 0. The maximum absolute atomic E-state index is 13.0. The van der Waals surface area contributed by atoms with Gasteiger partial charge in [0.25, 0.3) is 15.9 Å². The molecule has 2 aliphatic rings. The number of hydrogen-bond acceptors (Lipinski definition) is 4. The van der Waals surface area contributed by atoms with Crippen LogP contribution in [0.4, 0.5) is 5.69 Å². The zero-order valence-corrected chi connectivity index (χ0v) is 17.1. The predicted molar refractivity (Wildman–Crippen MR) is 112 cm³/mol. The summed E-state index contributed by atoms with van der Waals surface area (Å²) in [6, 6.07) is 12.0. The summed E-state index contributed by atoms with van der Waals surface area (Å²) in [5, 5.41) is 2.85. The number of carbonyl (C=O) groups excluding carboxylic acids is 1. The van der Waals surface area contributed by atoms with E-state index in [-0.39, 0.29) is 22.6 Å². The zero-order valence-electron chi connectivity index (χ0n) is 16.3. The summed E-state index contributed by atoms with van der Waals surface area (Å²) in [5.41, 5.74) is 2.90. The van der Waals surface area contributed by atoms with E-state index < -0.39 is 10.0 Å². The van der Waals surface area contributed by atoms with E-state index in [9.17, 15) is 13.2 Å². The smallest absolute Gasteiger partial charge is 0.261 e. The molecule has 0 radical (unpaired) electrons. The Morgan fingerprint density at radius 1 is 1.03 bits per heavy atom. The minimum absolute atomic E-state index is 0.0262. The minimum atomic E-state index is -3.79. The first-order valence-corrected chi connectivity index (χ1v) is 11.6. The molecular formula is C22H26N2O4S. The van der Waals surface area contributed by atoms with Crippen molar-refractivity contribution in [1.29, 1.82) is 0 Å². The molecule has 1 aliphatic heterocycles. The molecular weight excluding hydrogens is 388 g/mol. The standard InChI is InChI=1S/C22H26N2O4S/c25-22(23-15-18-8-5-13-28-18)20-9-3-4-10-21(20)24-29(26,27)19-12-11-16-6-1-2-7-17(16)14-19/h3-4,9-12,14,18,24H,1-2,5-8,13,15H2,(H,23,25)/t18-/m1/s1. The average molecular weight is 415 g/mol. The molecule has 1 fully saturated rings. The molecule has 6 nitrogen and oxygen atoms in total. The Labute approximate surface area is 171 Å². The molecule has 1 aliphatic carbocycles. The van der Waals surface area contributed by atoms with E-state index in [0.29, 0.717) is 12.1 Å². The monoisotopic (exact) mass is 414 g/mol. The third-order valence-electron chi connectivity index (χ3n) is 5.56. The van der Waals surface area contributed by atoms with E-state index >= 15 is 0 Å². The van der Waals surface area contributed by atoms with Gasteiger partial charge in [-0.3, -0.25) is 9.52 Å². The lowest BCUT2D eigenvalue weighted by Crippen LogP contribution is -2.32. The number of sulfonamides is 1. The highest BCUT2D eigenvalue weighted by Crippen LogP contribution is 2.26. The molecule has 29 heavy (non-hydrogen) atoms. The van der Waals surface area contributed by atoms with Crippen molar-refractivity contribution in [1.82, 2.24) is 5.32 Å². The maximum atomic E-state index is 13.0. The van der Waals surface area contributed by atoms with Crippen molar-refractivity contribution in [3.05, 3.63) is 59.2 Å². The van der Waals surface area contributed by atoms with Crippen LogP contribution < -0.4 is 10.0 Å². The third kappa shape index (κ3) is 4.62. The fraction of sp³-hybridized carbons (Fsp3) is 0.409. The van der Waals surface area contributed by atoms with Crippen LogP contribution in [-0.4, -0.2) is 33.6 Å². The van der Waals surface area contributed by atoms with Crippen molar-refractivity contribution in [2.75, 3.05) is 17.9 Å². The topological polar surface area (TPSA) is 84.5 Å². The number of rotatable bonds is 6. The summed E-state index contributed by atoms with van der Waals surface area (Å²) in [7, 11) is -3.79. The largest absolute Gasteiger partial charge is 0.376 e. The lowest BCUT2D eigenvalue weighted by atomic mass is 9.92. The molecule has 0 unspecified atom stereocenters. The number of aryl methyl sites for hydroxylation is 2. The second-order valence-electron chi connectivity index (χ2n) is 7.63. The van der Waals surface area contributed by atoms with Gasteiger partial charge in [-0.25, -0.2) is 8.42 Å². The molecule has 4 rings (SSSR count). The molecule has 1 amide bonds. The maximum Gasteiger partial charge on any atom is 0.261 e. The molecule has 0 aromatic heterocycles. The van der Waals surface area contributed by atoms with Crippen molar-refractivity contribution in [2.24, 2.45) is 0 Å². The zero-order chi connectivity index (χ0) is 20.3. The van der Waals surface area contributed by atoms with Crippen LogP contribution in [0.5, 0.6) is 0 Å². The molecule has 0 spiro atoms. The Kier molecular flexibility index (Phi) is 5.87. The first kappa shape index (κ1) is 19.9. The molecule has 2 N–H and O–H groups in total. The Balaban J connectivity index is 1.52. The second-order valence-corrected chi connectivity index (χ2v) is 9.32. The summed E-state index contributed by atoms with van der Waals surface area (Å²) in [6.07, 6.45) is 6.07. The molecule has 2 aromatic carbocycles. The van der Waals surface area contributed by atoms with Gasteiger partial charge in [0.05, 0.1) is 22.3 Å². The van der Waals surface area contributed by atoms with Crippen molar-refractivity contribution in [3.63, 3.8) is 0 Å². The molecule has 7 heteroatoms. The van der Waals surface area contributed by atoms with Crippen LogP contribution in [0.2, 0.25) is 0 Å². The van der Waals surface area contributed by atoms with Gasteiger partial charge in [-0.1, -0.05) is 18.2 Å². The van der Waals surface area contributed by atoms with Crippen LogP contribution in [0.1, 0.15) is 47.2 Å². The Bertz CT molecular complexity index is 998. The minimum Gasteiger partial charge on any atom is -0.376 e. The fourth-order valence-corrected chi connectivity index (χ4v) is 5.09. The van der Waals surface area contributed by atoms with E-state index in [1.54, 1.807) is 36.4 Å². The number of anilines is 1. The molecule has 154 valence electrons. The van der Waals surface area contributed by atoms with E-state index in [1.807, 2.05) is 6.07 Å². The first-order chi connectivity index (χ1) is 14.0. The molecule has 1 heterocycles. The van der Waals surface area contributed by atoms with Crippen LogP contribution in [0.15, 0.2) is 47.4 Å². The number of ether oxygens (including phenoxy) is 1. The van der Waals surface area contributed by atoms with Crippen molar-refractivity contribution in [2.45, 2.75) is 49.5 Å². The lowest BCUT2D eigenvalue weighted by molar-refractivity contribution is 0.0858. The van der Waals surface area contributed by atoms with Gasteiger partial charge in [-0.05, 0) is 73.9 Å². The molecule has 0 bridgehead atoms. The van der Waals surface area contributed by atoms with Gasteiger partial charge >= 0.3 is 0 Å². The second kappa shape index (κ2) is 8.55. The van der Waals surface area contributed by atoms with Gasteiger partial charge in [-0.15, -0.1) is 0 Å². The van der Waals surface area contributed by atoms with Crippen molar-refractivity contribution >= 4 is 21.6 Å². The van der Waals surface area contributed by atoms with E-state index in [0.717, 1.165) is 50.7 Å². The van der Waals surface area contributed by atoms with E-state index in [1.165, 1.54) is 5.56 Å². The third-order valence-corrected chi connectivity index (χ3v) is 6.92. The van der Waals surface area contributed by atoms with Crippen LogP contribution in [0.3, 0.4) is 0 Å². The Morgan fingerprint density at radius 3 is 2.62 bits per heavy atom. The SMILES string of the molecule is O=C(NC[C@H]1CCCO1)c1ccccc1NS(=O)(=O)c1ccc2c(c1)CCCC2. The number of amides is 1. The molecule has 1 saturated heterocycles. The summed E-state index contributed by atoms with van der Waals surface area (Å²) in [4.78, 5) is 12.9. The number of benzene rings is 2. The molecule has 2 aromatic rings. The van der Waals surface area contributed by atoms with E-state index in [4.69, 9.17) is 4.74 Å². The quantitative estimate of drug-likeness (QED) is 0.760. The first-order valence-electron chi connectivity index (χ1n) is 10.2. The van der Waals surface area contributed by atoms with Gasteiger partial charge in [0.15, 0.2) is 0 Å². The Morgan fingerprint density at radius 2 is 1.83 bits per heavy atom. The number of carbonyl (C=O) groups is 1. The van der Waals surface area contributed by atoms with Crippen LogP contribution >= 0.6 is 0 Å². The average Bonchev–Trinajstić information content (AvgIpc) is 3.25. The number of para-hydroxylation sites is 1. The molecule has 1 atom stereocenters. The van der Waals surface area contributed by atoms with E-state index in [2.05, 4.69) is 10.0 Å². The van der Waals surface area contributed by atoms with Gasteiger partial charge in [0.2, 0.25) is 0 Å². The predicted octanol–water partition coefficient (Wildman–Crippen LogP) is 3.28. The summed E-state index contributed by atoms with van der Waals surface area (Å²) in [5.74, 6) is -0.316. The van der Waals surface area contributed by atoms with Crippen molar-refractivity contribution in [3.8, 4) is 0 Å². The normalized spacial score (nSPS) is 18.8. The van der Waals surface area contributed by atoms with Crippen LogP contribution in [0, 0.1) is 0 Å². The number of fused-ring (bicyclic) bond motifs is 1. The van der Waals surface area contributed by atoms with Gasteiger partial charge in [0.1, 0.15) is 0 Å².